The van der Waals surface area contributed by atoms with Crippen LogP contribution >= 0.6 is 0 Å². The second-order valence-electron chi connectivity index (χ2n) is 3.14. The molecule has 0 aromatic rings. The van der Waals surface area contributed by atoms with E-state index >= 15 is 0 Å². The second kappa shape index (κ2) is 7.86. The zero-order chi connectivity index (χ0) is 10.1. The summed E-state index contributed by atoms with van der Waals surface area (Å²) in [6, 6.07) is 0.116. The zero-order valence-electron chi connectivity index (χ0n) is 8.60. The first-order valence-corrected chi connectivity index (χ1v) is 4.97. The van der Waals surface area contributed by atoms with E-state index in [2.05, 4.69) is 24.5 Å². The van der Waals surface area contributed by atoms with Crippen molar-refractivity contribution in [3.63, 3.8) is 0 Å². The van der Waals surface area contributed by atoms with Crippen LogP contribution in [0.15, 0.2) is 0 Å². The molecule has 0 aromatic heterocycles. The first-order valence-electron chi connectivity index (χ1n) is 4.97. The van der Waals surface area contributed by atoms with Crippen LogP contribution in [0.4, 0.5) is 4.79 Å². The highest BCUT2D eigenvalue weighted by Gasteiger charge is 2.02. The molecule has 0 bridgehead atoms. The third-order valence-corrected chi connectivity index (χ3v) is 1.99. The minimum atomic E-state index is -0.453. The third-order valence-electron chi connectivity index (χ3n) is 1.99. The average molecular weight is 187 g/mol. The Labute approximate surface area is 80.3 Å². The Hall–Kier alpha value is -0.770. The maximum Gasteiger partial charge on any atom is 0.312 e. The van der Waals surface area contributed by atoms with Gasteiger partial charge in [-0.15, -0.1) is 0 Å². The van der Waals surface area contributed by atoms with Crippen LogP contribution < -0.4 is 16.4 Å². The van der Waals surface area contributed by atoms with E-state index < -0.39 is 6.03 Å². The number of nitrogens with two attached hydrogens (primary N) is 1. The molecule has 0 radical (unpaired) electrons. The molecule has 0 spiro atoms. The van der Waals surface area contributed by atoms with Crippen molar-refractivity contribution in [3.05, 3.63) is 0 Å². The lowest BCUT2D eigenvalue weighted by Crippen LogP contribution is -2.38. The fourth-order valence-corrected chi connectivity index (χ4v) is 1.26. The maximum absolute atomic E-state index is 10.3. The van der Waals surface area contributed by atoms with Gasteiger partial charge in [-0.1, -0.05) is 20.3 Å². The van der Waals surface area contributed by atoms with E-state index in [1.54, 1.807) is 0 Å². The van der Waals surface area contributed by atoms with E-state index in [1.807, 2.05) is 0 Å². The Morgan fingerprint density at radius 3 is 2.54 bits per heavy atom. The molecule has 4 heteroatoms. The highest BCUT2D eigenvalue weighted by Crippen LogP contribution is 1.99. The first kappa shape index (κ1) is 12.2. The molecule has 1 unspecified atom stereocenters. The standard InChI is InChI=1S/C9H21N3O/c1-3-5-8(4-2)11-6-7-12-9(10)13/h8,11H,3-7H2,1-2H3,(H3,10,12,13). The van der Waals surface area contributed by atoms with Crippen molar-refractivity contribution in [2.24, 2.45) is 5.73 Å². The van der Waals surface area contributed by atoms with Crippen LogP contribution in [0.2, 0.25) is 0 Å². The Bertz CT molecular complexity index is 139. The van der Waals surface area contributed by atoms with Gasteiger partial charge in [-0.05, 0) is 12.8 Å². The minimum Gasteiger partial charge on any atom is -0.352 e. The summed E-state index contributed by atoms with van der Waals surface area (Å²) in [5.74, 6) is 0. The van der Waals surface area contributed by atoms with E-state index in [0.29, 0.717) is 12.6 Å². The smallest absolute Gasteiger partial charge is 0.312 e. The molecule has 0 heterocycles. The van der Waals surface area contributed by atoms with Gasteiger partial charge in [-0.3, -0.25) is 0 Å². The van der Waals surface area contributed by atoms with E-state index in [9.17, 15) is 4.79 Å². The summed E-state index contributed by atoms with van der Waals surface area (Å²) >= 11 is 0. The lowest BCUT2D eigenvalue weighted by Gasteiger charge is -2.15. The van der Waals surface area contributed by atoms with Gasteiger partial charge >= 0.3 is 6.03 Å². The van der Waals surface area contributed by atoms with Gasteiger partial charge in [0.25, 0.3) is 0 Å². The van der Waals surface area contributed by atoms with Gasteiger partial charge in [0.15, 0.2) is 0 Å². The molecule has 0 saturated heterocycles. The van der Waals surface area contributed by atoms with Gasteiger partial charge in [0.05, 0.1) is 0 Å². The largest absolute Gasteiger partial charge is 0.352 e. The van der Waals surface area contributed by atoms with Crippen LogP contribution in [-0.2, 0) is 0 Å². The molecule has 0 fully saturated rings. The monoisotopic (exact) mass is 187 g/mol. The summed E-state index contributed by atoms with van der Waals surface area (Å²) in [7, 11) is 0. The number of carbonyl (C=O) groups is 1. The summed E-state index contributed by atoms with van der Waals surface area (Å²) in [6.07, 6.45) is 3.51. The van der Waals surface area contributed by atoms with Crippen molar-refractivity contribution < 1.29 is 4.79 Å². The fraction of sp³-hybridized carbons (Fsp3) is 0.889. The predicted octanol–water partition coefficient (Wildman–Crippen LogP) is 0.823. The highest BCUT2D eigenvalue weighted by atomic mass is 16.2. The average Bonchev–Trinajstić information content (AvgIpc) is 2.10. The van der Waals surface area contributed by atoms with Crippen molar-refractivity contribution in [3.8, 4) is 0 Å². The molecule has 0 aliphatic rings. The van der Waals surface area contributed by atoms with Gasteiger partial charge in [-0.25, -0.2) is 4.79 Å². The van der Waals surface area contributed by atoms with Crippen LogP contribution in [0.1, 0.15) is 33.1 Å². The fourth-order valence-electron chi connectivity index (χ4n) is 1.26. The van der Waals surface area contributed by atoms with Crippen LogP contribution in [0.25, 0.3) is 0 Å². The summed E-state index contributed by atoms with van der Waals surface area (Å²) < 4.78 is 0. The third kappa shape index (κ3) is 7.59. The molecular weight excluding hydrogens is 166 g/mol. The van der Waals surface area contributed by atoms with Gasteiger partial charge in [0.1, 0.15) is 0 Å². The molecule has 0 saturated carbocycles. The first-order chi connectivity index (χ1) is 6.20. The quantitative estimate of drug-likeness (QED) is 0.517. The molecule has 0 rings (SSSR count). The Balaban J connectivity index is 3.32. The van der Waals surface area contributed by atoms with Crippen LogP contribution in [0.5, 0.6) is 0 Å². The molecule has 4 nitrogen and oxygen atoms in total. The van der Waals surface area contributed by atoms with E-state index in [0.717, 1.165) is 13.0 Å². The Morgan fingerprint density at radius 2 is 2.08 bits per heavy atom. The number of rotatable bonds is 7. The topological polar surface area (TPSA) is 67.2 Å². The number of hydrogen-bond acceptors (Lipinski definition) is 2. The number of primary amides is 1. The number of urea groups is 1. The van der Waals surface area contributed by atoms with Crippen LogP contribution in [0.3, 0.4) is 0 Å². The van der Waals surface area contributed by atoms with Gasteiger partial charge in [-0.2, -0.15) is 0 Å². The Kier molecular flexibility index (Phi) is 7.39. The van der Waals surface area contributed by atoms with E-state index in [4.69, 9.17) is 5.73 Å². The summed E-state index contributed by atoms with van der Waals surface area (Å²) in [4.78, 5) is 10.3. The van der Waals surface area contributed by atoms with Gasteiger partial charge in [0.2, 0.25) is 0 Å². The zero-order valence-corrected chi connectivity index (χ0v) is 8.60. The maximum atomic E-state index is 10.3. The van der Waals surface area contributed by atoms with Crippen molar-refractivity contribution in [1.29, 1.82) is 0 Å². The molecule has 1 atom stereocenters. The number of nitrogens with one attached hydrogen (secondary N) is 2. The molecular formula is C9H21N3O. The van der Waals surface area contributed by atoms with Crippen molar-refractivity contribution >= 4 is 6.03 Å². The van der Waals surface area contributed by atoms with Gasteiger partial charge < -0.3 is 16.4 Å². The molecule has 0 aliphatic carbocycles. The summed E-state index contributed by atoms with van der Waals surface area (Å²) in [5, 5.41) is 5.90. The normalized spacial score (nSPS) is 12.5. The second-order valence-corrected chi connectivity index (χ2v) is 3.14. The summed E-state index contributed by atoms with van der Waals surface area (Å²) in [6.45, 7) is 5.73. The lowest BCUT2D eigenvalue weighted by molar-refractivity contribution is 0.248. The van der Waals surface area contributed by atoms with Crippen LogP contribution in [-0.4, -0.2) is 25.2 Å². The molecule has 78 valence electrons. The Morgan fingerprint density at radius 1 is 1.38 bits per heavy atom. The molecule has 4 N–H and O–H groups in total. The number of amides is 2. The van der Waals surface area contributed by atoms with Gasteiger partial charge in [0, 0.05) is 19.1 Å². The number of hydrogen-bond donors (Lipinski definition) is 3. The number of carbonyl (C=O) groups excluding carboxylic acids is 1. The predicted molar refractivity (Wildman–Crippen MR) is 54.6 cm³/mol. The lowest BCUT2D eigenvalue weighted by atomic mass is 10.1. The minimum absolute atomic E-state index is 0.453. The molecule has 0 aromatic carbocycles. The summed E-state index contributed by atoms with van der Waals surface area (Å²) in [5.41, 5.74) is 4.92. The van der Waals surface area contributed by atoms with Crippen LogP contribution in [0, 0.1) is 0 Å². The van der Waals surface area contributed by atoms with Crippen molar-refractivity contribution in [1.82, 2.24) is 10.6 Å². The highest BCUT2D eigenvalue weighted by molar-refractivity contribution is 5.71. The molecule has 2 amide bonds. The molecule has 0 aliphatic heterocycles. The molecule has 13 heavy (non-hydrogen) atoms. The van der Waals surface area contributed by atoms with E-state index in [-0.39, 0.29) is 0 Å². The SMILES string of the molecule is CCCC(CC)NCCNC(N)=O. The van der Waals surface area contributed by atoms with Crippen molar-refractivity contribution in [2.45, 2.75) is 39.2 Å². The van der Waals surface area contributed by atoms with Crippen molar-refractivity contribution in [2.75, 3.05) is 13.1 Å². The van der Waals surface area contributed by atoms with E-state index in [1.165, 1.54) is 12.8 Å².